The average Bonchev–Trinajstić information content (AvgIpc) is 2.71. The highest BCUT2D eigenvalue weighted by atomic mass is 16.5. The number of hydrogen-bond donors (Lipinski definition) is 0. The van der Waals surface area contributed by atoms with Gasteiger partial charge in [0.05, 0.1) is 0 Å². The Kier molecular flexibility index (Phi) is 14.7. The Morgan fingerprint density at radius 3 is 2.31 bits per heavy atom. The summed E-state index contributed by atoms with van der Waals surface area (Å²) >= 11 is 0. The highest BCUT2D eigenvalue weighted by Crippen LogP contribution is 2.16. The van der Waals surface area contributed by atoms with Crippen molar-refractivity contribution in [2.45, 2.75) is 103 Å². The van der Waals surface area contributed by atoms with E-state index in [0.717, 1.165) is 51.2 Å². The van der Waals surface area contributed by atoms with Crippen molar-refractivity contribution in [3.63, 3.8) is 0 Å². The number of ether oxygens (including phenoxy) is 1. The summed E-state index contributed by atoms with van der Waals surface area (Å²) in [6.45, 7) is 3.72. The van der Waals surface area contributed by atoms with Crippen molar-refractivity contribution in [1.82, 2.24) is 0 Å². The molecule has 162 valence electrons. The summed E-state index contributed by atoms with van der Waals surface area (Å²) in [6.07, 6.45) is 19.1. The van der Waals surface area contributed by atoms with E-state index in [1.54, 1.807) is 0 Å². The standard InChI is InChI=1S/C26H40O3/c1-3-4-5-6-7-10-20-26(29-23(2)28)21-14-13-19-25-18-12-11-17-24(25)16-9-8-15-22-27/h11-12,14,17-18,21-22,26H,3-10,13,15-16,19-20H2,1-2H3/b21-14+. The largest absolute Gasteiger partial charge is 0.458 e. The SMILES string of the molecule is CCCCCCCCC(/C=C/CCc1ccccc1CCCCC=O)OC(C)=O. The topological polar surface area (TPSA) is 43.4 Å². The molecule has 0 aliphatic heterocycles. The first-order valence-corrected chi connectivity index (χ1v) is 11.5. The Morgan fingerprint density at radius 1 is 0.931 bits per heavy atom. The van der Waals surface area contributed by atoms with Gasteiger partial charge < -0.3 is 9.53 Å². The van der Waals surface area contributed by atoms with E-state index < -0.39 is 0 Å². The van der Waals surface area contributed by atoms with Gasteiger partial charge in [-0.1, -0.05) is 69.4 Å². The van der Waals surface area contributed by atoms with Crippen LogP contribution in [-0.2, 0) is 27.2 Å². The van der Waals surface area contributed by atoms with Gasteiger partial charge in [-0.25, -0.2) is 0 Å². The summed E-state index contributed by atoms with van der Waals surface area (Å²) in [5.74, 6) is -0.202. The second kappa shape index (κ2) is 17.0. The van der Waals surface area contributed by atoms with Gasteiger partial charge in [0.25, 0.3) is 0 Å². The lowest BCUT2D eigenvalue weighted by atomic mass is 9.98. The van der Waals surface area contributed by atoms with Crippen LogP contribution in [-0.4, -0.2) is 18.4 Å². The lowest BCUT2D eigenvalue weighted by molar-refractivity contribution is -0.144. The Morgan fingerprint density at radius 2 is 1.62 bits per heavy atom. The molecular formula is C26H40O3. The molecule has 0 aliphatic carbocycles. The first-order valence-electron chi connectivity index (χ1n) is 11.5. The second-order valence-corrected chi connectivity index (χ2v) is 7.85. The molecule has 1 rings (SSSR count). The van der Waals surface area contributed by atoms with Crippen LogP contribution in [0.15, 0.2) is 36.4 Å². The average molecular weight is 401 g/mol. The molecule has 0 saturated carbocycles. The molecule has 3 heteroatoms. The number of unbranched alkanes of at least 4 members (excludes halogenated alkanes) is 7. The minimum absolute atomic E-state index is 0.0998. The number of carbonyl (C=O) groups excluding carboxylic acids is 2. The van der Waals surface area contributed by atoms with Crippen molar-refractivity contribution < 1.29 is 14.3 Å². The van der Waals surface area contributed by atoms with Crippen molar-refractivity contribution in [2.24, 2.45) is 0 Å². The van der Waals surface area contributed by atoms with Gasteiger partial charge in [-0.15, -0.1) is 0 Å². The number of aryl methyl sites for hydroxylation is 2. The predicted octanol–water partition coefficient (Wildman–Crippen LogP) is 6.77. The number of esters is 1. The smallest absolute Gasteiger partial charge is 0.303 e. The zero-order valence-corrected chi connectivity index (χ0v) is 18.5. The first-order chi connectivity index (χ1) is 14.2. The van der Waals surface area contributed by atoms with E-state index in [0.29, 0.717) is 6.42 Å². The Hall–Kier alpha value is -1.90. The van der Waals surface area contributed by atoms with Crippen LogP contribution in [0.1, 0.15) is 95.6 Å². The van der Waals surface area contributed by atoms with Gasteiger partial charge in [-0.2, -0.15) is 0 Å². The molecule has 0 aromatic heterocycles. The highest BCUT2D eigenvalue weighted by Gasteiger charge is 2.08. The first kappa shape index (κ1) is 25.1. The van der Waals surface area contributed by atoms with Crippen LogP contribution in [0.2, 0.25) is 0 Å². The van der Waals surface area contributed by atoms with E-state index in [1.165, 1.54) is 50.2 Å². The van der Waals surface area contributed by atoms with Gasteiger partial charge in [0.1, 0.15) is 12.4 Å². The minimum Gasteiger partial charge on any atom is -0.458 e. The van der Waals surface area contributed by atoms with Gasteiger partial charge in [0, 0.05) is 13.3 Å². The Bertz CT molecular complexity index is 591. The summed E-state index contributed by atoms with van der Waals surface area (Å²) in [6, 6.07) is 8.57. The highest BCUT2D eigenvalue weighted by molar-refractivity contribution is 5.66. The molecule has 0 heterocycles. The van der Waals surface area contributed by atoms with Crippen LogP contribution >= 0.6 is 0 Å². The summed E-state index contributed by atoms with van der Waals surface area (Å²) in [7, 11) is 0. The maximum Gasteiger partial charge on any atom is 0.303 e. The van der Waals surface area contributed by atoms with E-state index in [2.05, 4.69) is 43.3 Å². The van der Waals surface area contributed by atoms with Crippen molar-refractivity contribution in [1.29, 1.82) is 0 Å². The zero-order valence-electron chi connectivity index (χ0n) is 18.5. The predicted molar refractivity (Wildman–Crippen MR) is 121 cm³/mol. The maximum atomic E-state index is 11.4. The molecule has 1 unspecified atom stereocenters. The van der Waals surface area contributed by atoms with Crippen molar-refractivity contribution >= 4 is 12.3 Å². The van der Waals surface area contributed by atoms with Crippen molar-refractivity contribution in [2.75, 3.05) is 0 Å². The second-order valence-electron chi connectivity index (χ2n) is 7.85. The van der Waals surface area contributed by atoms with Crippen molar-refractivity contribution in [3.05, 3.63) is 47.5 Å². The van der Waals surface area contributed by atoms with Gasteiger partial charge in [0.15, 0.2) is 0 Å². The summed E-state index contributed by atoms with van der Waals surface area (Å²) < 4.78 is 5.48. The lowest BCUT2D eigenvalue weighted by Gasteiger charge is -2.13. The Balaban J connectivity index is 2.43. The molecule has 1 aromatic rings. The van der Waals surface area contributed by atoms with Gasteiger partial charge in [-0.3, -0.25) is 4.79 Å². The zero-order chi connectivity index (χ0) is 21.2. The normalized spacial score (nSPS) is 12.2. The van der Waals surface area contributed by atoms with E-state index in [1.807, 2.05) is 0 Å². The molecule has 0 saturated heterocycles. The number of benzene rings is 1. The lowest BCUT2D eigenvalue weighted by Crippen LogP contribution is -2.13. The van der Waals surface area contributed by atoms with E-state index in [9.17, 15) is 9.59 Å². The molecule has 0 bridgehead atoms. The fourth-order valence-electron chi connectivity index (χ4n) is 3.61. The molecule has 1 aromatic carbocycles. The number of rotatable bonds is 17. The summed E-state index contributed by atoms with van der Waals surface area (Å²) in [4.78, 5) is 21.9. The molecule has 29 heavy (non-hydrogen) atoms. The maximum absolute atomic E-state index is 11.4. The van der Waals surface area contributed by atoms with E-state index >= 15 is 0 Å². The number of allylic oxidation sites excluding steroid dienone is 1. The Labute approximate surface area is 177 Å². The fourth-order valence-corrected chi connectivity index (χ4v) is 3.61. The minimum atomic E-state index is -0.202. The fraction of sp³-hybridized carbons (Fsp3) is 0.615. The van der Waals surface area contributed by atoms with Crippen LogP contribution in [0.3, 0.4) is 0 Å². The molecular weight excluding hydrogens is 360 g/mol. The summed E-state index contributed by atoms with van der Waals surface area (Å²) in [5.41, 5.74) is 2.76. The van der Waals surface area contributed by atoms with Gasteiger partial charge >= 0.3 is 5.97 Å². The number of carbonyl (C=O) groups is 2. The third-order valence-corrected chi connectivity index (χ3v) is 5.23. The molecule has 0 amide bonds. The van der Waals surface area contributed by atoms with Crippen LogP contribution in [0.25, 0.3) is 0 Å². The van der Waals surface area contributed by atoms with Crippen molar-refractivity contribution in [3.8, 4) is 0 Å². The van der Waals surface area contributed by atoms with E-state index in [4.69, 9.17) is 4.74 Å². The monoisotopic (exact) mass is 400 g/mol. The van der Waals surface area contributed by atoms with Crippen LogP contribution in [0, 0.1) is 0 Å². The molecule has 0 fully saturated rings. The third kappa shape index (κ3) is 13.0. The van der Waals surface area contributed by atoms with Gasteiger partial charge in [-0.05, 0) is 62.1 Å². The quantitative estimate of drug-likeness (QED) is 0.125. The van der Waals surface area contributed by atoms with Gasteiger partial charge in [0.2, 0.25) is 0 Å². The summed E-state index contributed by atoms with van der Waals surface area (Å²) in [5, 5.41) is 0. The molecule has 0 spiro atoms. The molecule has 0 aliphatic rings. The molecule has 0 radical (unpaired) electrons. The van der Waals surface area contributed by atoms with Crippen LogP contribution < -0.4 is 0 Å². The number of aldehydes is 1. The van der Waals surface area contributed by atoms with E-state index in [-0.39, 0.29) is 12.1 Å². The van der Waals surface area contributed by atoms with Crippen LogP contribution in [0.5, 0.6) is 0 Å². The molecule has 0 N–H and O–H groups in total. The van der Waals surface area contributed by atoms with Crippen LogP contribution in [0.4, 0.5) is 0 Å². The third-order valence-electron chi connectivity index (χ3n) is 5.23. The number of hydrogen-bond acceptors (Lipinski definition) is 3. The molecule has 3 nitrogen and oxygen atoms in total. The molecule has 1 atom stereocenters.